The van der Waals surface area contributed by atoms with E-state index in [2.05, 4.69) is 17.2 Å². The number of ether oxygens (including phenoxy) is 1. The predicted octanol–water partition coefficient (Wildman–Crippen LogP) is 2.49. The van der Waals surface area contributed by atoms with E-state index in [1.807, 2.05) is 24.3 Å². The maximum atomic E-state index is 13.0. The number of likely N-dealkylation sites (N-methyl/N-ethyl adjacent to an activating group) is 1. The Kier molecular flexibility index (Phi) is 7.04. The van der Waals surface area contributed by atoms with E-state index in [-0.39, 0.29) is 35.8 Å². The van der Waals surface area contributed by atoms with Crippen molar-refractivity contribution in [2.45, 2.75) is 25.8 Å². The van der Waals surface area contributed by atoms with Crippen molar-refractivity contribution in [1.82, 2.24) is 24.8 Å². The molecule has 182 valence electrons. The van der Waals surface area contributed by atoms with Gasteiger partial charge in [0.1, 0.15) is 5.75 Å². The Morgan fingerprint density at radius 2 is 1.94 bits per heavy atom. The lowest BCUT2D eigenvalue weighted by atomic mass is 10.1. The minimum atomic E-state index is -0.498. The molecule has 11 heteroatoms. The van der Waals surface area contributed by atoms with Crippen molar-refractivity contribution >= 4 is 17.5 Å². The van der Waals surface area contributed by atoms with Crippen molar-refractivity contribution in [2.75, 3.05) is 26.7 Å². The summed E-state index contributed by atoms with van der Waals surface area (Å²) in [6.45, 7) is 2.76. The molecule has 11 nitrogen and oxygen atoms in total. The fraction of sp³-hybridized carbons (Fsp3) is 0.333. The zero-order valence-electron chi connectivity index (χ0n) is 19.5. The minimum Gasteiger partial charge on any atom is -0.484 e. The summed E-state index contributed by atoms with van der Waals surface area (Å²) >= 11 is 0. The molecule has 3 aromatic rings. The van der Waals surface area contributed by atoms with Crippen LogP contribution in [0.1, 0.15) is 29.4 Å². The van der Waals surface area contributed by atoms with Gasteiger partial charge in [0.25, 0.3) is 17.5 Å². The SMILES string of the molecule is CCc1ccccc1-n1cc(C(=O)N(C)C2CCN(C(=O)COc3ccc([N+](=O)[O-])cc3)C2)nn1. The highest BCUT2D eigenvalue weighted by molar-refractivity contribution is 5.92. The van der Waals surface area contributed by atoms with Crippen LogP contribution in [-0.4, -0.2) is 74.3 Å². The first-order valence-electron chi connectivity index (χ1n) is 11.3. The van der Waals surface area contributed by atoms with Gasteiger partial charge in [-0.15, -0.1) is 5.10 Å². The Morgan fingerprint density at radius 1 is 1.20 bits per heavy atom. The highest BCUT2D eigenvalue weighted by Crippen LogP contribution is 2.20. The number of hydrogen-bond acceptors (Lipinski definition) is 7. The third kappa shape index (κ3) is 5.29. The number of aromatic nitrogens is 3. The van der Waals surface area contributed by atoms with E-state index >= 15 is 0 Å². The second kappa shape index (κ2) is 10.3. The lowest BCUT2D eigenvalue weighted by molar-refractivity contribution is -0.384. The van der Waals surface area contributed by atoms with Crippen LogP contribution in [0, 0.1) is 10.1 Å². The molecule has 0 spiro atoms. The minimum absolute atomic E-state index is 0.0478. The van der Waals surface area contributed by atoms with Crippen molar-refractivity contribution in [1.29, 1.82) is 0 Å². The highest BCUT2D eigenvalue weighted by atomic mass is 16.6. The first-order chi connectivity index (χ1) is 16.9. The molecule has 2 amide bonds. The molecule has 1 fully saturated rings. The molecule has 1 aliphatic heterocycles. The maximum absolute atomic E-state index is 13.0. The van der Waals surface area contributed by atoms with Gasteiger partial charge in [-0.1, -0.05) is 30.3 Å². The van der Waals surface area contributed by atoms with E-state index < -0.39 is 4.92 Å². The van der Waals surface area contributed by atoms with Gasteiger partial charge >= 0.3 is 0 Å². The number of amides is 2. The predicted molar refractivity (Wildman–Crippen MR) is 126 cm³/mol. The molecule has 0 radical (unpaired) electrons. The lowest BCUT2D eigenvalue weighted by Gasteiger charge is -2.24. The van der Waals surface area contributed by atoms with Crippen LogP contribution in [0.5, 0.6) is 5.75 Å². The number of hydrogen-bond donors (Lipinski definition) is 0. The number of carbonyl (C=O) groups excluding carboxylic acids is 2. The van der Waals surface area contributed by atoms with Crippen molar-refractivity contribution in [3.8, 4) is 11.4 Å². The number of non-ortho nitro benzene ring substituents is 1. The van der Waals surface area contributed by atoms with Gasteiger partial charge in [0, 0.05) is 32.3 Å². The number of rotatable bonds is 8. The van der Waals surface area contributed by atoms with Crippen molar-refractivity contribution in [3.63, 3.8) is 0 Å². The van der Waals surface area contributed by atoms with Gasteiger partial charge in [0.05, 0.1) is 22.8 Å². The number of nitro benzene ring substituents is 1. The summed E-state index contributed by atoms with van der Waals surface area (Å²) < 4.78 is 7.09. The molecule has 0 N–H and O–H groups in total. The summed E-state index contributed by atoms with van der Waals surface area (Å²) in [6.07, 6.45) is 3.10. The van der Waals surface area contributed by atoms with Crippen LogP contribution >= 0.6 is 0 Å². The van der Waals surface area contributed by atoms with E-state index in [1.54, 1.807) is 27.7 Å². The Balaban J connectivity index is 1.32. The molecule has 35 heavy (non-hydrogen) atoms. The van der Waals surface area contributed by atoms with Gasteiger partial charge < -0.3 is 14.5 Å². The Bertz CT molecular complexity index is 1230. The van der Waals surface area contributed by atoms with E-state index in [0.29, 0.717) is 25.3 Å². The van der Waals surface area contributed by atoms with Crippen molar-refractivity contribution < 1.29 is 19.2 Å². The summed E-state index contributed by atoms with van der Waals surface area (Å²) in [5.74, 6) is -0.0970. The van der Waals surface area contributed by atoms with Gasteiger partial charge in [0.2, 0.25) is 0 Å². The van der Waals surface area contributed by atoms with Gasteiger partial charge in [-0.25, -0.2) is 4.68 Å². The molecule has 0 aliphatic carbocycles. The van der Waals surface area contributed by atoms with E-state index in [9.17, 15) is 19.7 Å². The van der Waals surface area contributed by atoms with Crippen LogP contribution in [0.4, 0.5) is 5.69 Å². The van der Waals surface area contributed by atoms with Crippen LogP contribution < -0.4 is 4.74 Å². The first kappa shape index (κ1) is 23.9. The quantitative estimate of drug-likeness (QED) is 0.360. The van der Waals surface area contributed by atoms with Crippen molar-refractivity contribution in [2.24, 2.45) is 0 Å². The second-order valence-electron chi connectivity index (χ2n) is 8.27. The zero-order chi connectivity index (χ0) is 24.9. The Labute approximate surface area is 202 Å². The third-order valence-electron chi connectivity index (χ3n) is 6.13. The maximum Gasteiger partial charge on any atom is 0.276 e. The van der Waals surface area contributed by atoms with Crippen LogP contribution in [0.2, 0.25) is 0 Å². The number of carbonyl (C=O) groups is 2. The fourth-order valence-corrected chi connectivity index (χ4v) is 4.04. The largest absolute Gasteiger partial charge is 0.484 e. The molecule has 1 unspecified atom stereocenters. The first-order valence-corrected chi connectivity index (χ1v) is 11.3. The summed E-state index contributed by atoms with van der Waals surface area (Å²) in [5, 5.41) is 18.9. The second-order valence-corrected chi connectivity index (χ2v) is 8.27. The average molecular weight is 479 g/mol. The number of likely N-dealkylation sites (tertiary alicyclic amines) is 1. The van der Waals surface area contributed by atoms with E-state index in [0.717, 1.165) is 17.7 Å². The highest BCUT2D eigenvalue weighted by Gasteiger charge is 2.32. The number of benzene rings is 2. The Morgan fingerprint density at radius 3 is 2.66 bits per heavy atom. The third-order valence-corrected chi connectivity index (χ3v) is 6.13. The summed E-state index contributed by atoms with van der Waals surface area (Å²) in [5.41, 5.74) is 2.18. The van der Waals surface area contributed by atoms with Crippen LogP contribution in [0.25, 0.3) is 5.69 Å². The number of nitro groups is 1. The standard InChI is InChI=1S/C24H26N6O5/c1-3-17-6-4-5-7-22(17)29-15-21(25-26-29)24(32)27(2)19-12-13-28(14-19)23(31)16-35-20-10-8-18(9-11-20)30(33)34/h4-11,15,19H,3,12-14,16H2,1-2H3. The van der Waals surface area contributed by atoms with Crippen LogP contribution in [0.15, 0.2) is 54.7 Å². The molecule has 2 aromatic carbocycles. The number of aryl methyl sites for hydroxylation is 1. The van der Waals surface area contributed by atoms with Gasteiger partial charge in [-0.2, -0.15) is 0 Å². The molecule has 1 saturated heterocycles. The summed E-state index contributed by atoms with van der Waals surface area (Å²) in [4.78, 5) is 39.1. The molecular weight excluding hydrogens is 452 g/mol. The topological polar surface area (TPSA) is 124 Å². The monoisotopic (exact) mass is 478 g/mol. The molecule has 1 aromatic heterocycles. The van der Waals surface area contributed by atoms with Gasteiger partial charge in [-0.05, 0) is 36.6 Å². The summed E-state index contributed by atoms with van der Waals surface area (Å²) in [7, 11) is 1.70. The normalized spacial score (nSPS) is 15.1. The van der Waals surface area contributed by atoms with Gasteiger partial charge in [0.15, 0.2) is 12.3 Å². The molecule has 2 heterocycles. The Hall–Kier alpha value is -4.28. The van der Waals surface area contributed by atoms with E-state index in [4.69, 9.17) is 4.74 Å². The molecule has 1 atom stereocenters. The zero-order valence-corrected chi connectivity index (χ0v) is 19.5. The molecule has 0 bridgehead atoms. The smallest absolute Gasteiger partial charge is 0.276 e. The molecular formula is C24H26N6O5. The van der Waals surface area contributed by atoms with Crippen molar-refractivity contribution in [3.05, 3.63) is 76.1 Å². The van der Waals surface area contributed by atoms with Crippen LogP contribution in [0.3, 0.4) is 0 Å². The molecule has 0 saturated carbocycles. The van der Waals surface area contributed by atoms with Gasteiger partial charge in [-0.3, -0.25) is 19.7 Å². The number of para-hydroxylation sites is 1. The van der Waals surface area contributed by atoms with E-state index in [1.165, 1.54) is 24.3 Å². The molecule has 4 rings (SSSR count). The summed E-state index contributed by atoms with van der Waals surface area (Å²) in [6, 6.07) is 13.2. The number of nitrogens with zero attached hydrogens (tertiary/aromatic N) is 6. The fourth-order valence-electron chi connectivity index (χ4n) is 4.04. The average Bonchev–Trinajstić information content (AvgIpc) is 3.57. The lowest BCUT2D eigenvalue weighted by Crippen LogP contribution is -2.41. The van der Waals surface area contributed by atoms with Crippen LogP contribution in [-0.2, 0) is 11.2 Å². The molecule has 1 aliphatic rings.